The summed E-state index contributed by atoms with van der Waals surface area (Å²) >= 11 is 0. The Hall–Kier alpha value is -1.14. The highest BCUT2D eigenvalue weighted by molar-refractivity contribution is 5.87. The minimum Gasteiger partial charge on any atom is -0.480 e. The summed E-state index contributed by atoms with van der Waals surface area (Å²) in [7, 11) is 0. The largest absolute Gasteiger partial charge is 0.480 e. The van der Waals surface area contributed by atoms with E-state index in [1.54, 1.807) is 0 Å². The van der Waals surface area contributed by atoms with E-state index >= 15 is 0 Å². The van der Waals surface area contributed by atoms with Gasteiger partial charge in [0.15, 0.2) is 6.04 Å². The Bertz CT molecular complexity index is 248. The molecule has 0 radical (unpaired) electrons. The topological polar surface area (TPSA) is 98.7 Å². The van der Waals surface area contributed by atoms with Gasteiger partial charge in [-0.15, -0.1) is 0 Å². The fourth-order valence-electron chi connectivity index (χ4n) is 1.55. The van der Waals surface area contributed by atoms with Crippen LogP contribution < -0.4 is 10.6 Å². The highest BCUT2D eigenvalue weighted by Crippen LogP contribution is 2.05. The second kappa shape index (κ2) is 5.09. The van der Waals surface area contributed by atoms with Crippen LogP contribution in [0, 0.1) is 0 Å². The number of aliphatic hydroxyl groups excluding tert-OH is 1. The van der Waals surface area contributed by atoms with Gasteiger partial charge < -0.3 is 20.8 Å². The number of hydrogen-bond donors (Lipinski definition) is 4. The van der Waals surface area contributed by atoms with Crippen molar-refractivity contribution in [2.45, 2.75) is 38.0 Å². The molecule has 1 rings (SSSR count). The van der Waals surface area contributed by atoms with E-state index < -0.39 is 18.1 Å². The summed E-state index contributed by atoms with van der Waals surface area (Å²) in [5.74, 6) is -1.59. The summed E-state index contributed by atoms with van der Waals surface area (Å²) in [5, 5.41) is 23.2. The second-order valence-corrected chi connectivity index (χ2v) is 3.71. The van der Waals surface area contributed by atoms with Crippen LogP contribution in [0.1, 0.15) is 19.8 Å². The zero-order valence-corrected chi connectivity index (χ0v) is 8.56. The Morgan fingerprint density at radius 2 is 2.20 bits per heavy atom. The van der Waals surface area contributed by atoms with Crippen molar-refractivity contribution < 1.29 is 19.8 Å². The molecule has 1 saturated heterocycles. The van der Waals surface area contributed by atoms with Gasteiger partial charge in [-0.05, 0) is 26.3 Å². The van der Waals surface area contributed by atoms with Crippen LogP contribution in [0.5, 0.6) is 0 Å². The molecule has 1 amide bonds. The lowest BCUT2D eigenvalue weighted by Crippen LogP contribution is -2.52. The monoisotopic (exact) mass is 216 g/mol. The van der Waals surface area contributed by atoms with E-state index in [9.17, 15) is 9.59 Å². The molecular weight excluding hydrogens is 200 g/mol. The van der Waals surface area contributed by atoms with Crippen molar-refractivity contribution in [3.05, 3.63) is 0 Å². The smallest absolute Gasteiger partial charge is 0.328 e. The van der Waals surface area contributed by atoms with E-state index in [1.807, 2.05) is 0 Å². The first-order valence-electron chi connectivity index (χ1n) is 4.97. The maximum Gasteiger partial charge on any atom is 0.328 e. The SMILES string of the molecule is CC(O)C(NC(=O)[C@H]1CCCN1)C(=O)O. The number of amides is 1. The van der Waals surface area contributed by atoms with Gasteiger partial charge in [0.05, 0.1) is 12.1 Å². The average Bonchev–Trinajstić information content (AvgIpc) is 2.65. The Morgan fingerprint density at radius 3 is 2.60 bits per heavy atom. The van der Waals surface area contributed by atoms with E-state index in [0.29, 0.717) is 6.42 Å². The number of carbonyl (C=O) groups is 2. The lowest BCUT2D eigenvalue weighted by atomic mass is 10.1. The number of nitrogens with one attached hydrogen (secondary N) is 2. The molecule has 1 fully saturated rings. The summed E-state index contributed by atoms with van der Waals surface area (Å²) in [6.45, 7) is 2.10. The van der Waals surface area contributed by atoms with Gasteiger partial charge in [0.1, 0.15) is 0 Å². The van der Waals surface area contributed by atoms with Crippen molar-refractivity contribution in [1.29, 1.82) is 0 Å². The quantitative estimate of drug-likeness (QED) is 0.467. The van der Waals surface area contributed by atoms with Crippen LogP contribution in [0.2, 0.25) is 0 Å². The molecule has 0 saturated carbocycles. The highest BCUT2D eigenvalue weighted by atomic mass is 16.4. The zero-order chi connectivity index (χ0) is 11.4. The van der Waals surface area contributed by atoms with Crippen molar-refractivity contribution in [1.82, 2.24) is 10.6 Å². The fourth-order valence-corrected chi connectivity index (χ4v) is 1.55. The van der Waals surface area contributed by atoms with Gasteiger partial charge in [-0.1, -0.05) is 0 Å². The number of rotatable bonds is 4. The van der Waals surface area contributed by atoms with Crippen LogP contribution in [0.25, 0.3) is 0 Å². The van der Waals surface area contributed by atoms with Crippen molar-refractivity contribution in [2.24, 2.45) is 0 Å². The highest BCUT2D eigenvalue weighted by Gasteiger charge is 2.29. The normalized spacial score (nSPS) is 24.5. The third-order valence-electron chi connectivity index (χ3n) is 2.42. The Labute approximate surface area is 87.7 Å². The van der Waals surface area contributed by atoms with Crippen LogP contribution in [0.4, 0.5) is 0 Å². The maximum absolute atomic E-state index is 11.5. The summed E-state index contributed by atoms with van der Waals surface area (Å²) in [6.07, 6.45) is 0.510. The molecule has 4 N–H and O–H groups in total. The number of carbonyl (C=O) groups excluding carboxylic acids is 1. The molecule has 2 unspecified atom stereocenters. The zero-order valence-electron chi connectivity index (χ0n) is 8.56. The molecule has 6 heteroatoms. The number of carboxylic acid groups (broad SMARTS) is 1. The Kier molecular flexibility index (Phi) is 4.05. The molecule has 1 aliphatic heterocycles. The molecule has 0 aromatic rings. The standard InChI is InChI=1S/C9H16N2O4/c1-5(12)7(9(14)15)11-8(13)6-3-2-4-10-6/h5-7,10,12H,2-4H2,1H3,(H,11,13)(H,14,15)/t5?,6-,7?/m1/s1. The van der Waals surface area contributed by atoms with Gasteiger partial charge in [-0.3, -0.25) is 4.79 Å². The molecule has 0 aromatic carbocycles. The summed E-state index contributed by atoms with van der Waals surface area (Å²) in [5.41, 5.74) is 0. The van der Waals surface area contributed by atoms with Gasteiger partial charge >= 0.3 is 5.97 Å². The van der Waals surface area contributed by atoms with Crippen molar-refractivity contribution >= 4 is 11.9 Å². The third-order valence-corrected chi connectivity index (χ3v) is 2.42. The van der Waals surface area contributed by atoms with Gasteiger partial charge in [0, 0.05) is 0 Å². The van der Waals surface area contributed by atoms with E-state index in [0.717, 1.165) is 13.0 Å². The van der Waals surface area contributed by atoms with Gasteiger partial charge in [-0.25, -0.2) is 4.79 Å². The summed E-state index contributed by atoms with van der Waals surface area (Å²) in [4.78, 5) is 22.2. The molecule has 15 heavy (non-hydrogen) atoms. The van der Waals surface area contributed by atoms with E-state index in [4.69, 9.17) is 10.2 Å². The molecule has 1 heterocycles. The molecule has 0 bridgehead atoms. The van der Waals surface area contributed by atoms with Crippen LogP contribution in [-0.4, -0.2) is 46.8 Å². The summed E-state index contributed by atoms with van der Waals surface area (Å²) in [6, 6.07) is -1.56. The molecule has 86 valence electrons. The first kappa shape index (κ1) is 11.9. The Balaban J connectivity index is 2.50. The average molecular weight is 216 g/mol. The molecule has 1 aliphatic rings. The predicted octanol–water partition coefficient (Wildman–Crippen LogP) is -1.31. The molecular formula is C9H16N2O4. The van der Waals surface area contributed by atoms with Crippen molar-refractivity contribution in [3.63, 3.8) is 0 Å². The minimum absolute atomic E-state index is 0.328. The lowest BCUT2D eigenvalue weighted by molar-refractivity contribution is -0.145. The lowest BCUT2D eigenvalue weighted by Gasteiger charge is -2.19. The van der Waals surface area contributed by atoms with E-state index in [-0.39, 0.29) is 11.9 Å². The van der Waals surface area contributed by atoms with Crippen molar-refractivity contribution in [3.8, 4) is 0 Å². The molecule has 3 atom stereocenters. The van der Waals surface area contributed by atoms with Crippen LogP contribution in [0.3, 0.4) is 0 Å². The fraction of sp³-hybridized carbons (Fsp3) is 0.778. The first-order valence-corrected chi connectivity index (χ1v) is 4.97. The Morgan fingerprint density at radius 1 is 1.53 bits per heavy atom. The van der Waals surface area contributed by atoms with Crippen LogP contribution in [0.15, 0.2) is 0 Å². The van der Waals surface area contributed by atoms with Gasteiger partial charge in [0.2, 0.25) is 5.91 Å². The second-order valence-electron chi connectivity index (χ2n) is 3.71. The number of carboxylic acids is 1. The minimum atomic E-state index is -1.24. The van der Waals surface area contributed by atoms with Crippen molar-refractivity contribution in [2.75, 3.05) is 6.54 Å². The van der Waals surface area contributed by atoms with Crippen LogP contribution in [-0.2, 0) is 9.59 Å². The first-order chi connectivity index (χ1) is 7.02. The maximum atomic E-state index is 11.5. The van der Waals surface area contributed by atoms with E-state index in [1.165, 1.54) is 6.92 Å². The third kappa shape index (κ3) is 3.17. The molecule has 0 spiro atoms. The summed E-state index contributed by atoms with van der Waals surface area (Å²) < 4.78 is 0. The molecule has 0 aromatic heterocycles. The van der Waals surface area contributed by atoms with E-state index in [2.05, 4.69) is 10.6 Å². The van der Waals surface area contributed by atoms with Gasteiger partial charge in [-0.2, -0.15) is 0 Å². The van der Waals surface area contributed by atoms with Gasteiger partial charge in [0.25, 0.3) is 0 Å². The molecule has 6 nitrogen and oxygen atoms in total. The number of hydrogen-bond acceptors (Lipinski definition) is 4. The predicted molar refractivity (Wildman–Crippen MR) is 52.3 cm³/mol. The number of aliphatic hydroxyl groups is 1. The van der Waals surface area contributed by atoms with Crippen LogP contribution >= 0.6 is 0 Å². The number of aliphatic carboxylic acids is 1. The molecule has 0 aliphatic carbocycles.